The van der Waals surface area contributed by atoms with E-state index in [0.717, 1.165) is 35.4 Å². The zero-order chi connectivity index (χ0) is 21.2. The number of rotatable bonds is 5. The molecule has 31 heavy (non-hydrogen) atoms. The van der Waals surface area contributed by atoms with Crippen LogP contribution in [0.1, 0.15) is 28.1 Å². The first-order valence-electron chi connectivity index (χ1n) is 10.5. The van der Waals surface area contributed by atoms with Crippen LogP contribution in [0.25, 0.3) is 22.2 Å². The first-order valence-corrected chi connectivity index (χ1v) is 10.5. The van der Waals surface area contributed by atoms with Crippen LogP contribution in [0.15, 0.2) is 85.5 Å². The molecule has 5 aromatic rings. The van der Waals surface area contributed by atoms with E-state index in [1.54, 1.807) is 0 Å². The summed E-state index contributed by atoms with van der Waals surface area (Å²) in [5.41, 5.74) is 9.69. The van der Waals surface area contributed by atoms with Crippen molar-refractivity contribution in [1.29, 1.82) is 0 Å². The van der Waals surface area contributed by atoms with Crippen LogP contribution in [0.4, 0.5) is 0 Å². The largest absolute Gasteiger partial charge is 0.323 e. The minimum absolute atomic E-state index is 0.771. The number of fused-ring (bicyclic) bond motifs is 1. The third kappa shape index (κ3) is 3.84. The van der Waals surface area contributed by atoms with Crippen LogP contribution in [-0.4, -0.2) is 19.5 Å². The molecule has 0 aliphatic carbocycles. The molecule has 0 fully saturated rings. The lowest BCUT2D eigenvalue weighted by atomic mass is 10.0. The van der Waals surface area contributed by atoms with Gasteiger partial charge in [0.2, 0.25) is 0 Å². The molecule has 0 atom stereocenters. The van der Waals surface area contributed by atoms with Gasteiger partial charge in [0, 0.05) is 37.8 Å². The number of hydrogen-bond acceptors (Lipinski definition) is 3. The molecule has 0 bridgehead atoms. The third-order valence-corrected chi connectivity index (χ3v) is 5.91. The van der Waals surface area contributed by atoms with Gasteiger partial charge in [-0.05, 0) is 83.6 Å². The van der Waals surface area contributed by atoms with Crippen molar-refractivity contribution in [3.63, 3.8) is 0 Å². The highest BCUT2D eigenvalue weighted by Crippen LogP contribution is 2.27. The van der Waals surface area contributed by atoms with Gasteiger partial charge in [0.05, 0.1) is 11.0 Å². The molecule has 2 aromatic carbocycles. The van der Waals surface area contributed by atoms with Gasteiger partial charge in [0.1, 0.15) is 5.82 Å². The van der Waals surface area contributed by atoms with Crippen molar-refractivity contribution in [1.82, 2.24) is 19.5 Å². The minimum atomic E-state index is 0.771. The fourth-order valence-corrected chi connectivity index (χ4v) is 4.15. The third-order valence-electron chi connectivity index (χ3n) is 5.91. The van der Waals surface area contributed by atoms with Crippen LogP contribution in [0, 0.1) is 13.8 Å². The van der Waals surface area contributed by atoms with E-state index in [9.17, 15) is 0 Å². The monoisotopic (exact) mass is 404 g/mol. The van der Waals surface area contributed by atoms with Crippen molar-refractivity contribution in [3.05, 3.63) is 114 Å². The summed E-state index contributed by atoms with van der Waals surface area (Å²) in [6.07, 6.45) is 8.13. The van der Waals surface area contributed by atoms with E-state index in [1.807, 2.05) is 36.9 Å². The van der Waals surface area contributed by atoms with E-state index in [-0.39, 0.29) is 0 Å². The maximum absolute atomic E-state index is 5.03. The van der Waals surface area contributed by atoms with Crippen LogP contribution in [0.2, 0.25) is 0 Å². The van der Waals surface area contributed by atoms with Gasteiger partial charge in [-0.1, -0.05) is 24.3 Å². The van der Waals surface area contributed by atoms with Gasteiger partial charge >= 0.3 is 0 Å². The van der Waals surface area contributed by atoms with E-state index in [0.29, 0.717) is 0 Å². The Hall–Kier alpha value is -3.79. The number of nitrogens with zero attached hydrogens (tertiary/aromatic N) is 4. The maximum Gasteiger partial charge on any atom is 0.114 e. The zero-order valence-corrected chi connectivity index (χ0v) is 17.8. The molecule has 3 heterocycles. The quantitative estimate of drug-likeness (QED) is 0.375. The molecule has 152 valence electrons. The Morgan fingerprint density at radius 2 is 1.42 bits per heavy atom. The predicted molar refractivity (Wildman–Crippen MR) is 125 cm³/mol. The lowest BCUT2D eigenvalue weighted by molar-refractivity contribution is 0.754. The number of benzene rings is 2. The Balaban J connectivity index is 1.67. The summed E-state index contributed by atoms with van der Waals surface area (Å²) in [6, 6.07) is 21.2. The SMILES string of the molecule is Cc1cccc(C)c1Cn1c(Cc2ccncc2)nc2ccc(-c3ccncc3)cc21. The van der Waals surface area contributed by atoms with Crippen molar-refractivity contribution >= 4 is 11.0 Å². The van der Waals surface area contributed by atoms with E-state index in [1.165, 1.54) is 27.8 Å². The summed E-state index contributed by atoms with van der Waals surface area (Å²) in [4.78, 5) is 13.3. The number of pyridine rings is 2. The lowest BCUT2D eigenvalue weighted by Crippen LogP contribution is -2.08. The molecule has 0 N–H and O–H groups in total. The number of hydrogen-bond donors (Lipinski definition) is 0. The minimum Gasteiger partial charge on any atom is -0.323 e. The van der Waals surface area contributed by atoms with Gasteiger partial charge in [-0.15, -0.1) is 0 Å². The van der Waals surface area contributed by atoms with Crippen molar-refractivity contribution in [2.24, 2.45) is 0 Å². The predicted octanol–water partition coefficient (Wildman–Crippen LogP) is 5.75. The zero-order valence-electron chi connectivity index (χ0n) is 17.8. The molecule has 3 aromatic heterocycles. The molecule has 0 radical (unpaired) electrons. The van der Waals surface area contributed by atoms with Crippen molar-refractivity contribution in [2.75, 3.05) is 0 Å². The van der Waals surface area contributed by atoms with Gasteiger partial charge in [0.25, 0.3) is 0 Å². The summed E-state index contributed by atoms with van der Waals surface area (Å²) in [6.45, 7) is 5.17. The van der Waals surface area contributed by atoms with E-state index >= 15 is 0 Å². The van der Waals surface area contributed by atoms with Gasteiger partial charge < -0.3 is 4.57 Å². The molecule has 0 aliphatic rings. The maximum atomic E-state index is 5.03. The van der Waals surface area contributed by atoms with Crippen molar-refractivity contribution in [2.45, 2.75) is 26.8 Å². The van der Waals surface area contributed by atoms with Crippen LogP contribution >= 0.6 is 0 Å². The molecule has 5 rings (SSSR count). The second-order valence-corrected chi connectivity index (χ2v) is 7.96. The molecule has 0 unspecified atom stereocenters. The smallest absolute Gasteiger partial charge is 0.114 e. The second kappa shape index (κ2) is 8.15. The van der Waals surface area contributed by atoms with Crippen LogP contribution in [0.5, 0.6) is 0 Å². The van der Waals surface area contributed by atoms with Gasteiger partial charge in [-0.25, -0.2) is 4.98 Å². The highest BCUT2D eigenvalue weighted by molar-refractivity contribution is 5.83. The second-order valence-electron chi connectivity index (χ2n) is 7.96. The molecule has 0 saturated carbocycles. The number of imidazole rings is 1. The van der Waals surface area contributed by atoms with Crippen LogP contribution < -0.4 is 0 Å². The Morgan fingerprint density at radius 3 is 2.13 bits per heavy atom. The highest BCUT2D eigenvalue weighted by Gasteiger charge is 2.15. The van der Waals surface area contributed by atoms with E-state index < -0.39 is 0 Å². The summed E-state index contributed by atoms with van der Waals surface area (Å²) in [7, 11) is 0. The summed E-state index contributed by atoms with van der Waals surface area (Å²) in [5.74, 6) is 1.07. The molecule has 0 amide bonds. The van der Waals surface area contributed by atoms with E-state index in [4.69, 9.17) is 4.98 Å². The first-order chi connectivity index (χ1) is 15.2. The summed E-state index contributed by atoms with van der Waals surface area (Å²) < 4.78 is 2.37. The number of aromatic nitrogens is 4. The first kappa shape index (κ1) is 19.2. The Kier molecular flexibility index (Phi) is 5.04. The Morgan fingerprint density at radius 1 is 0.742 bits per heavy atom. The Labute approximate surface area is 182 Å². The van der Waals surface area contributed by atoms with Gasteiger partial charge in [0.15, 0.2) is 0 Å². The summed E-state index contributed by atoms with van der Waals surface area (Å²) in [5, 5.41) is 0. The van der Waals surface area contributed by atoms with Gasteiger partial charge in [-0.2, -0.15) is 0 Å². The van der Waals surface area contributed by atoms with Crippen LogP contribution in [-0.2, 0) is 13.0 Å². The molecular formula is C27H24N4. The van der Waals surface area contributed by atoms with Gasteiger partial charge in [-0.3, -0.25) is 9.97 Å². The molecule has 0 aliphatic heterocycles. The summed E-state index contributed by atoms with van der Waals surface area (Å²) >= 11 is 0. The number of aryl methyl sites for hydroxylation is 2. The molecule has 0 spiro atoms. The van der Waals surface area contributed by atoms with Crippen molar-refractivity contribution < 1.29 is 0 Å². The Bertz CT molecular complexity index is 1320. The molecule has 4 nitrogen and oxygen atoms in total. The van der Waals surface area contributed by atoms with Crippen molar-refractivity contribution in [3.8, 4) is 11.1 Å². The molecular weight excluding hydrogens is 380 g/mol. The molecule has 4 heteroatoms. The standard InChI is InChI=1S/C27H24N4/c1-19-4-3-5-20(2)24(19)18-31-26-17-23(22-10-14-29-15-11-22)6-7-25(26)30-27(31)16-21-8-12-28-13-9-21/h3-15,17H,16,18H2,1-2H3. The normalized spacial score (nSPS) is 11.2. The topological polar surface area (TPSA) is 43.6 Å². The fraction of sp³-hybridized carbons (Fsp3) is 0.148. The highest BCUT2D eigenvalue weighted by atomic mass is 15.1. The van der Waals surface area contributed by atoms with E-state index in [2.05, 4.69) is 76.9 Å². The fourth-order valence-electron chi connectivity index (χ4n) is 4.15. The lowest BCUT2D eigenvalue weighted by Gasteiger charge is -2.14. The molecule has 0 saturated heterocycles. The van der Waals surface area contributed by atoms with Crippen LogP contribution in [0.3, 0.4) is 0 Å². The average Bonchev–Trinajstić information content (AvgIpc) is 3.13. The average molecular weight is 405 g/mol.